The second kappa shape index (κ2) is 3.78. The Morgan fingerprint density at radius 2 is 1.80 bits per heavy atom. The van der Waals surface area contributed by atoms with Crippen LogP contribution in [0.4, 0.5) is 0 Å². The number of hydrogen-bond acceptors (Lipinski definition) is 2. The molecule has 0 aliphatic carbocycles. The Kier molecular flexibility index (Phi) is 2.61. The molecule has 1 heterocycles. The van der Waals surface area contributed by atoms with Crippen LogP contribution in [0.1, 0.15) is 30.0 Å². The van der Waals surface area contributed by atoms with Gasteiger partial charge in [-0.05, 0) is 26.3 Å². The summed E-state index contributed by atoms with van der Waals surface area (Å²) in [4.78, 5) is 4.41. The third-order valence-electron chi connectivity index (χ3n) is 2.74. The molecule has 0 amide bonds. The van der Waals surface area contributed by atoms with E-state index < -0.39 is 0 Å². The van der Waals surface area contributed by atoms with Crippen molar-refractivity contribution >= 4 is 11.3 Å². The van der Waals surface area contributed by atoms with Crippen LogP contribution in [0.25, 0.3) is 0 Å². The number of nitrogens with zero attached hydrogens (tertiary/aromatic N) is 1. The lowest BCUT2D eigenvalue weighted by atomic mass is 9.85. The fraction of sp³-hybridized carbons (Fsp3) is 0.308. The van der Waals surface area contributed by atoms with Gasteiger partial charge in [-0.1, -0.05) is 29.8 Å². The average Bonchev–Trinajstić information content (AvgIpc) is 2.71. The van der Waals surface area contributed by atoms with Crippen molar-refractivity contribution in [2.45, 2.75) is 26.2 Å². The number of rotatable bonds is 2. The summed E-state index contributed by atoms with van der Waals surface area (Å²) in [7, 11) is 0. The topological polar surface area (TPSA) is 12.9 Å². The second-order valence-electron chi connectivity index (χ2n) is 4.33. The second-order valence-corrected chi connectivity index (χ2v) is 5.22. The maximum absolute atomic E-state index is 4.41. The van der Waals surface area contributed by atoms with Gasteiger partial charge in [0, 0.05) is 17.0 Å². The normalized spacial score (nSPS) is 11.7. The third-order valence-corrected chi connectivity index (χ3v) is 3.84. The quantitative estimate of drug-likeness (QED) is 0.746. The van der Waals surface area contributed by atoms with Gasteiger partial charge in [-0.15, -0.1) is 11.3 Å². The summed E-state index contributed by atoms with van der Waals surface area (Å²) < 4.78 is 0. The number of aromatic nitrogens is 1. The van der Waals surface area contributed by atoms with Crippen molar-refractivity contribution < 1.29 is 0 Å². The van der Waals surface area contributed by atoms with E-state index in [0.29, 0.717) is 0 Å². The maximum Gasteiger partial charge on any atom is 0.102 e. The average molecular weight is 217 g/mol. The lowest BCUT2D eigenvalue weighted by Crippen LogP contribution is -2.18. The standard InChI is InChI=1S/C13H15NS/c1-10-4-6-11(7-5-10)13(2,3)12-14-8-9-15-12/h4-9H,1-3H3. The van der Waals surface area contributed by atoms with E-state index in [0.717, 1.165) is 0 Å². The molecule has 0 unspecified atom stereocenters. The molecule has 0 atom stereocenters. The van der Waals surface area contributed by atoms with Crippen LogP contribution >= 0.6 is 11.3 Å². The summed E-state index contributed by atoms with van der Waals surface area (Å²) in [5.74, 6) is 0. The molecule has 15 heavy (non-hydrogen) atoms. The molecule has 0 saturated carbocycles. The minimum absolute atomic E-state index is 0.0157. The predicted octanol–water partition coefficient (Wildman–Crippen LogP) is 3.78. The van der Waals surface area contributed by atoms with Crippen molar-refractivity contribution in [3.63, 3.8) is 0 Å². The molecule has 0 spiro atoms. The van der Waals surface area contributed by atoms with Crippen LogP contribution in [-0.4, -0.2) is 4.98 Å². The van der Waals surface area contributed by atoms with E-state index in [-0.39, 0.29) is 5.41 Å². The zero-order valence-corrected chi connectivity index (χ0v) is 10.1. The predicted molar refractivity (Wildman–Crippen MR) is 65.4 cm³/mol. The van der Waals surface area contributed by atoms with Gasteiger partial charge in [0.05, 0.1) is 0 Å². The van der Waals surface area contributed by atoms with Gasteiger partial charge in [0.2, 0.25) is 0 Å². The maximum atomic E-state index is 4.41. The molecule has 0 aliphatic rings. The Bertz CT molecular complexity index is 426. The monoisotopic (exact) mass is 217 g/mol. The summed E-state index contributed by atoms with van der Waals surface area (Å²) in [5.41, 5.74) is 2.64. The summed E-state index contributed by atoms with van der Waals surface area (Å²) >= 11 is 1.72. The highest BCUT2D eigenvalue weighted by molar-refractivity contribution is 7.09. The van der Waals surface area contributed by atoms with Gasteiger partial charge in [-0.2, -0.15) is 0 Å². The smallest absolute Gasteiger partial charge is 0.102 e. The summed E-state index contributed by atoms with van der Waals surface area (Å²) in [5, 5.41) is 3.21. The molecule has 1 aromatic carbocycles. The molecule has 0 fully saturated rings. The summed E-state index contributed by atoms with van der Waals surface area (Å²) in [6, 6.07) is 8.70. The highest BCUT2D eigenvalue weighted by Crippen LogP contribution is 2.32. The first-order valence-electron chi connectivity index (χ1n) is 5.08. The molecule has 2 aromatic rings. The van der Waals surface area contributed by atoms with E-state index in [9.17, 15) is 0 Å². The van der Waals surface area contributed by atoms with Crippen molar-refractivity contribution in [2.24, 2.45) is 0 Å². The van der Waals surface area contributed by atoms with Crippen LogP contribution in [0.3, 0.4) is 0 Å². The molecule has 2 rings (SSSR count). The van der Waals surface area contributed by atoms with E-state index in [2.05, 4.69) is 50.0 Å². The molecule has 78 valence electrons. The number of thiazole rings is 1. The van der Waals surface area contributed by atoms with Gasteiger partial charge in [0.25, 0.3) is 0 Å². The first kappa shape index (κ1) is 10.4. The molecule has 0 radical (unpaired) electrons. The summed E-state index contributed by atoms with van der Waals surface area (Å²) in [6.07, 6.45) is 1.87. The van der Waals surface area contributed by atoms with Crippen LogP contribution in [0.2, 0.25) is 0 Å². The molecule has 0 aliphatic heterocycles. The number of hydrogen-bond donors (Lipinski definition) is 0. The van der Waals surface area contributed by atoms with Crippen LogP contribution in [-0.2, 0) is 5.41 Å². The van der Waals surface area contributed by atoms with Gasteiger partial charge in [-0.3, -0.25) is 0 Å². The SMILES string of the molecule is Cc1ccc(C(C)(C)c2nccs2)cc1. The van der Waals surface area contributed by atoms with Crippen LogP contribution in [0.5, 0.6) is 0 Å². The lowest BCUT2D eigenvalue weighted by Gasteiger charge is -2.22. The van der Waals surface area contributed by atoms with E-state index in [4.69, 9.17) is 0 Å². The minimum Gasteiger partial charge on any atom is -0.249 e. The highest BCUT2D eigenvalue weighted by atomic mass is 32.1. The van der Waals surface area contributed by atoms with E-state index in [1.807, 2.05) is 11.6 Å². The van der Waals surface area contributed by atoms with E-state index in [1.165, 1.54) is 16.1 Å². The number of aryl methyl sites for hydroxylation is 1. The molecular weight excluding hydrogens is 202 g/mol. The Hall–Kier alpha value is -1.15. The van der Waals surface area contributed by atoms with Crippen molar-refractivity contribution in [1.29, 1.82) is 0 Å². The molecule has 0 N–H and O–H groups in total. The Morgan fingerprint density at radius 1 is 1.13 bits per heavy atom. The highest BCUT2D eigenvalue weighted by Gasteiger charge is 2.25. The first-order chi connectivity index (χ1) is 7.10. The fourth-order valence-electron chi connectivity index (χ4n) is 1.63. The van der Waals surface area contributed by atoms with Gasteiger partial charge >= 0.3 is 0 Å². The summed E-state index contributed by atoms with van der Waals surface area (Å²) in [6.45, 7) is 6.55. The molecule has 2 heteroatoms. The fourth-order valence-corrected chi connectivity index (χ4v) is 2.41. The number of benzene rings is 1. The van der Waals surface area contributed by atoms with Crippen LogP contribution in [0, 0.1) is 6.92 Å². The van der Waals surface area contributed by atoms with Crippen LogP contribution < -0.4 is 0 Å². The van der Waals surface area contributed by atoms with Crippen molar-refractivity contribution in [3.05, 3.63) is 52.0 Å². The van der Waals surface area contributed by atoms with E-state index in [1.54, 1.807) is 11.3 Å². The Labute approximate surface area is 94.8 Å². The molecule has 0 saturated heterocycles. The van der Waals surface area contributed by atoms with Gasteiger partial charge in [0.15, 0.2) is 0 Å². The van der Waals surface area contributed by atoms with E-state index >= 15 is 0 Å². The van der Waals surface area contributed by atoms with Gasteiger partial charge < -0.3 is 0 Å². The van der Waals surface area contributed by atoms with Gasteiger partial charge in [0.1, 0.15) is 5.01 Å². The van der Waals surface area contributed by atoms with Crippen molar-refractivity contribution in [1.82, 2.24) is 4.98 Å². The lowest BCUT2D eigenvalue weighted by molar-refractivity contribution is 0.635. The Balaban J connectivity index is 2.41. The molecule has 1 nitrogen and oxygen atoms in total. The zero-order chi connectivity index (χ0) is 10.9. The van der Waals surface area contributed by atoms with Gasteiger partial charge in [-0.25, -0.2) is 4.98 Å². The Morgan fingerprint density at radius 3 is 2.33 bits per heavy atom. The first-order valence-corrected chi connectivity index (χ1v) is 5.96. The molecule has 0 bridgehead atoms. The molecular formula is C13H15NS. The van der Waals surface area contributed by atoms with Crippen molar-refractivity contribution in [2.75, 3.05) is 0 Å². The minimum atomic E-state index is 0.0157. The largest absolute Gasteiger partial charge is 0.249 e. The zero-order valence-electron chi connectivity index (χ0n) is 9.32. The molecule has 1 aromatic heterocycles. The van der Waals surface area contributed by atoms with Crippen LogP contribution in [0.15, 0.2) is 35.8 Å². The third kappa shape index (κ3) is 1.95. The van der Waals surface area contributed by atoms with Crippen molar-refractivity contribution in [3.8, 4) is 0 Å².